The normalized spacial score (nSPS) is 12.6. The molecule has 0 bridgehead atoms. The molecule has 1 amide bonds. The molecule has 1 aromatic carbocycles. The molecule has 20 heavy (non-hydrogen) atoms. The van der Waals surface area contributed by atoms with Crippen molar-refractivity contribution in [2.75, 3.05) is 6.54 Å². The first kappa shape index (κ1) is 14.6. The van der Waals surface area contributed by atoms with E-state index < -0.39 is 0 Å². The van der Waals surface area contributed by atoms with Crippen LogP contribution in [-0.4, -0.2) is 28.6 Å². The van der Waals surface area contributed by atoms with Crippen molar-refractivity contribution in [2.45, 2.75) is 39.7 Å². The van der Waals surface area contributed by atoms with Crippen molar-refractivity contribution in [1.29, 1.82) is 0 Å². The monoisotopic (exact) mass is 274 g/mol. The zero-order chi connectivity index (χ0) is 14.7. The van der Waals surface area contributed by atoms with Gasteiger partial charge in [0, 0.05) is 17.4 Å². The van der Waals surface area contributed by atoms with Crippen LogP contribution >= 0.6 is 0 Å². The van der Waals surface area contributed by atoms with E-state index >= 15 is 0 Å². The van der Waals surface area contributed by atoms with Gasteiger partial charge in [-0.05, 0) is 49.9 Å². The van der Waals surface area contributed by atoms with E-state index in [0.29, 0.717) is 25.1 Å². The highest BCUT2D eigenvalue weighted by molar-refractivity contribution is 5.98. The first-order valence-electron chi connectivity index (χ1n) is 7.07. The number of aromatic amines is 1. The molecule has 0 aliphatic rings. The minimum atomic E-state index is -0.345. The molecule has 0 aliphatic carbocycles. The van der Waals surface area contributed by atoms with E-state index in [4.69, 9.17) is 0 Å². The van der Waals surface area contributed by atoms with Crippen LogP contribution in [0.5, 0.6) is 0 Å². The minimum absolute atomic E-state index is 0.124. The SMILES string of the molecule is CCC(O)CCNC(=O)c1cc2c(C)cc(C)cc2[nH]1. The van der Waals surface area contributed by atoms with E-state index in [1.54, 1.807) is 0 Å². The molecule has 1 aromatic heterocycles. The third-order valence-electron chi connectivity index (χ3n) is 3.57. The van der Waals surface area contributed by atoms with Gasteiger partial charge in [0.05, 0.1) is 6.10 Å². The highest BCUT2D eigenvalue weighted by atomic mass is 16.3. The maximum absolute atomic E-state index is 12.1. The van der Waals surface area contributed by atoms with E-state index in [1.807, 2.05) is 32.9 Å². The first-order chi connectivity index (χ1) is 9.51. The summed E-state index contributed by atoms with van der Waals surface area (Å²) in [6.07, 6.45) is 0.948. The summed E-state index contributed by atoms with van der Waals surface area (Å²) < 4.78 is 0. The summed E-state index contributed by atoms with van der Waals surface area (Å²) in [5.74, 6) is -0.124. The number of nitrogens with one attached hydrogen (secondary N) is 2. The second kappa shape index (κ2) is 6.09. The topological polar surface area (TPSA) is 65.1 Å². The zero-order valence-electron chi connectivity index (χ0n) is 12.3. The number of benzene rings is 1. The number of aliphatic hydroxyl groups excluding tert-OH is 1. The number of hydrogen-bond acceptors (Lipinski definition) is 2. The Bertz CT molecular complexity index is 616. The van der Waals surface area contributed by atoms with Crippen LogP contribution in [0.25, 0.3) is 10.9 Å². The number of hydrogen-bond donors (Lipinski definition) is 3. The van der Waals surface area contributed by atoms with Crippen LogP contribution in [0, 0.1) is 13.8 Å². The number of carbonyl (C=O) groups excluding carboxylic acids is 1. The number of amides is 1. The van der Waals surface area contributed by atoms with Gasteiger partial charge in [-0.2, -0.15) is 0 Å². The van der Waals surface area contributed by atoms with Crippen LogP contribution in [0.4, 0.5) is 0 Å². The van der Waals surface area contributed by atoms with E-state index in [1.165, 1.54) is 5.56 Å². The molecule has 108 valence electrons. The summed E-state index contributed by atoms with van der Waals surface area (Å²) in [7, 11) is 0. The molecule has 2 aromatic rings. The van der Waals surface area contributed by atoms with Crippen molar-refractivity contribution >= 4 is 16.8 Å². The predicted molar refractivity (Wildman–Crippen MR) is 81.0 cm³/mol. The van der Waals surface area contributed by atoms with Gasteiger partial charge in [0.15, 0.2) is 0 Å². The van der Waals surface area contributed by atoms with Crippen LogP contribution in [0.2, 0.25) is 0 Å². The van der Waals surface area contributed by atoms with Crippen LogP contribution in [0.3, 0.4) is 0 Å². The average Bonchev–Trinajstić information content (AvgIpc) is 2.82. The van der Waals surface area contributed by atoms with Gasteiger partial charge in [-0.1, -0.05) is 13.0 Å². The van der Waals surface area contributed by atoms with Crippen LogP contribution in [-0.2, 0) is 0 Å². The molecule has 0 radical (unpaired) electrons. The molecule has 2 rings (SSSR count). The quantitative estimate of drug-likeness (QED) is 0.785. The zero-order valence-corrected chi connectivity index (χ0v) is 12.3. The number of aromatic nitrogens is 1. The number of aliphatic hydroxyl groups is 1. The second-order valence-corrected chi connectivity index (χ2v) is 5.33. The molecule has 0 fully saturated rings. The van der Waals surface area contributed by atoms with E-state index in [9.17, 15) is 9.90 Å². The van der Waals surface area contributed by atoms with Gasteiger partial charge in [0.25, 0.3) is 5.91 Å². The average molecular weight is 274 g/mol. The Morgan fingerprint density at radius 1 is 1.35 bits per heavy atom. The van der Waals surface area contributed by atoms with Gasteiger partial charge in [0.1, 0.15) is 5.69 Å². The molecule has 0 saturated carbocycles. The summed E-state index contributed by atoms with van der Waals surface area (Å²) >= 11 is 0. The van der Waals surface area contributed by atoms with Crippen molar-refractivity contribution in [3.63, 3.8) is 0 Å². The molecule has 1 atom stereocenters. The summed E-state index contributed by atoms with van der Waals surface area (Å²) in [6.45, 7) is 6.50. The molecule has 3 N–H and O–H groups in total. The molecule has 1 unspecified atom stereocenters. The van der Waals surface area contributed by atoms with Crippen LogP contribution in [0.1, 0.15) is 41.4 Å². The lowest BCUT2D eigenvalue weighted by Gasteiger charge is -2.07. The van der Waals surface area contributed by atoms with Crippen molar-refractivity contribution in [1.82, 2.24) is 10.3 Å². The fourth-order valence-corrected chi connectivity index (χ4v) is 2.37. The molecule has 0 saturated heterocycles. The maximum Gasteiger partial charge on any atom is 0.267 e. The maximum atomic E-state index is 12.1. The van der Waals surface area contributed by atoms with Crippen molar-refractivity contribution < 1.29 is 9.90 Å². The predicted octanol–water partition coefficient (Wildman–Crippen LogP) is 2.68. The summed E-state index contributed by atoms with van der Waals surface area (Å²) in [5.41, 5.74) is 3.90. The van der Waals surface area contributed by atoms with Crippen molar-refractivity contribution in [3.8, 4) is 0 Å². The van der Waals surface area contributed by atoms with Crippen molar-refractivity contribution in [3.05, 3.63) is 35.0 Å². The van der Waals surface area contributed by atoms with E-state index in [-0.39, 0.29) is 12.0 Å². The summed E-state index contributed by atoms with van der Waals surface area (Å²) in [5, 5.41) is 13.4. The molecule has 4 nitrogen and oxygen atoms in total. The third-order valence-corrected chi connectivity index (χ3v) is 3.57. The lowest BCUT2D eigenvalue weighted by Crippen LogP contribution is -2.27. The standard InChI is InChI=1S/C16H22N2O2/c1-4-12(19)5-6-17-16(20)15-9-13-11(3)7-10(2)8-14(13)18-15/h7-9,12,18-19H,4-6H2,1-3H3,(H,17,20). The summed E-state index contributed by atoms with van der Waals surface area (Å²) in [4.78, 5) is 15.2. The van der Waals surface area contributed by atoms with Gasteiger partial charge in [0.2, 0.25) is 0 Å². The Hall–Kier alpha value is -1.81. The Morgan fingerprint density at radius 3 is 2.80 bits per heavy atom. The molecule has 4 heteroatoms. The number of aryl methyl sites for hydroxylation is 2. The number of carbonyl (C=O) groups is 1. The Morgan fingerprint density at radius 2 is 2.10 bits per heavy atom. The molecule has 0 spiro atoms. The third kappa shape index (κ3) is 3.20. The highest BCUT2D eigenvalue weighted by Gasteiger charge is 2.11. The molecule has 0 aliphatic heterocycles. The first-order valence-corrected chi connectivity index (χ1v) is 7.07. The summed E-state index contributed by atoms with van der Waals surface area (Å²) in [6, 6.07) is 6.03. The van der Waals surface area contributed by atoms with Gasteiger partial charge < -0.3 is 15.4 Å². The van der Waals surface area contributed by atoms with E-state index in [0.717, 1.165) is 16.5 Å². The van der Waals surface area contributed by atoms with Gasteiger partial charge >= 0.3 is 0 Å². The lowest BCUT2D eigenvalue weighted by atomic mass is 10.1. The molecular formula is C16H22N2O2. The fourth-order valence-electron chi connectivity index (χ4n) is 2.37. The Kier molecular flexibility index (Phi) is 4.45. The van der Waals surface area contributed by atoms with Gasteiger partial charge in [-0.25, -0.2) is 0 Å². The van der Waals surface area contributed by atoms with Crippen LogP contribution < -0.4 is 5.32 Å². The molecule has 1 heterocycles. The smallest absolute Gasteiger partial charge is 0.267 e. The van der Waals surface area contributed by atoms with E-state index in [2.05, 4.69) is 16.4 Å². The van der Waals surface area contributed by atoms with Gasteiger partial charge in [-0.15, -0.1) is 0 Å². The lowest BCUT2D eigenvalue weighted by molar-refractivity contribution is 0.0938. The highest BCUT2D eigenvalue weighted by Crippen LogP contribution is 2.21. The number of fused-ring (bicyclic) bond motifs is 1. The number of H-pyrrole nitrogens is 1. The second-order valence-electron chi connectivity index (χ2n) is 5.33. The van der Waals surface area contributed by atoms with Crippen LogP contribution in [0.15, 0.2) is 18.2 Å². The van der Waals surface area contributed by atoms with Gasteiger partial charge in [-0.3, -0.25) is 4.79 Å². The fraction of sp³-hybridized carbons (Fsp3) is 0.438. The largest absolute Gasteiger partial charge is 0.393 e. The Balaban J connectivity index is 2.09. The minimum Gasteiger partial charge on any atom is -0.393 e. The molecular weight excluding hydrogens is 252 g/mol. The Labute approximate surface area is 119 Å². The number of rotatable bonds is 5. The van der Waals surface area contributed by atoms with Crippen molar-refractivity contribution in [2.24, 2.45) is 0 Å².